The van der Waals surface area contributed by atoms with Crippen LogP contribution in [-0.4, -0.2) is 65.7 Å². The minimum absolute atomic E-state index is 0.162. The Morgan fingerprint density at radius 3 is 1.58 bits per heavy atom. The molecule has 0 saturated carbocycles. The van der Waals surface area contributed by atoms with Crippen molar-refractivity contribution in [3.05, 3.63) is 60.8 Å². The number of aliphatic hydroxyl groups is 2. The van der Waals surface area contributed by atoms with Crippen molar-refractivity contribution < 1.29 is 47.8 Å². The molecule has 0 fully saturated rings. The highest BCUT2D eigenvalue weighted by atomic mass is 31.2. The third-order valence-corrected chi connectivity index (χ3v) is 8.89. The van der Waals surface area contributed by atoms with E-state index in [1.54, 1.807) is 0 Å². The maximum absolute atomic E-state index is 12.5. The van der Waals surface area contributed by atoms with Crippen LogP contribution in [0.25, 0.3) is 0 Å². The lowest BCUT2D eigenvalue weighted by molar-refractivity contribution is -0.161. The van der Waals surface area contributed by atoms with Gasteiger partial charge in [0.25, 0.3) is 0 Å². The summed E-state index contributed by atoms with van der Waals surface area (Å²) in [5.41, 5.74) is 0. The predicted octanol–water partition coefficient (Wildman–Crippen LogP) is 9.94. The van der Waals surface area contributed by atoms with Crippen LogP contribution in [0.1, 0.15) is 149 Å². The van der Waals surface area contributed by atoms with Crippen LogP contribution in [0, 0.1) is 0 Å². The van der Waals surface area contributed by atoms with Gasteiger partial charge in [-0.3, -0.25) is 18.6 Å². The van der Waals surface area contributed by atoms with E-state index in [-0.39, 0.29) is 19.4 Å². The average molecular weight is 755 g/mol. The minimum Gasteiger partial charge on any atom is -0.462 e. The third-order valence-electron chi connectivity index (χ3n) is 7.94. The molecular weight excluding hydrogens is 683 g/mol. The van der Waals surface area contributed by atoms with Crippen molar-refractivity contribution in [1.29, 1.82) is 0 Å². The van der Waals surface area contributed by atoms with Gasteiger partial charge in [0.1, 0.15) is 12.7 Å². The third kappa shape index (κ3) is 36.0. The Balaban J connectivity index is 4.45. The highest BCUT2D eigenvalue weighted by Crippen LogP contribution is 2.43. The highest BCUT2D eigenvalue weighted by molar-refractivity contribution is 7.47. The molecule has 0 aliphatic rings. The van der Waals surface area contributed by atoms with E-state index in [2.05, 4.69) is 73.1 Å². The van der Waals surface area contributed by atoms with Crippen LogP contribution in [-0.2, 0) is 32.7 Å². The number of ether oxygens (including phenoxy) is 2. The Morgan fingerprint density at radius 2 is 1.06 bits per heavy atom. The van der Waals surface area contributed by atoms with Gasteiger partial charge in [0.2, 0.25) is 0 Å². The van der Waals surface area contributed by atoms with Gasteiger partial charge in [-0.15, -0.1) is 0 Å². The molecule has 0 rings (SSSR count). The van der Waals surface area contributed by atoms with E-state index in [0.29, 0.717) is 19.3 Å². The Hall–Kier alpha value is -2.33. The normalized spacial score (nSPS) is 14.6. The van der Waals surface area contributed by atoms with Crippen molar-refractivity contribution in [1.82, 2.24) is 0 Å². The number of aliphatic hydroxyl groups excluding tert-OH is 2. The fourth-order valence-electron chi connectivity index (χ4n) is 4.91. The summed E-state index contributed by atoms with van der Waals surface area (Å²) >= 11 is 0. The number of unbranched alkanes of at least 4 members (excludes halogenated alkanes) is 12. The molecule has 10 nitrogen and oxygen atoms in total. The minimum atomic E-state index is -4.62. The second kappa shape index (κ2) is 37.0. The van der Waals surface area contributed by atoms with E-state index in [1.165, 1.54) is 51.4 Å². The molecule has 0 radical (unpaired) electrons. The van der Waals surface area contributed by atoms with E-state index >= 15 is 0 Å². The molecule has 3 atom stereocenters. The van der Waals surface area contributed by atoms with Gasteiger partial charge in [-0.05, 0) is 51.4 Å². The van der Waals surface area contributed by atoms with Crippen molar-refractivity contribution in [3.8, 4) is 0 Å². The zero-order chi connectivity index (χ0) is 38.4. The van der Waals surface area contributed by atoms with Crippen molar-refractivity contribution in [2.24, 2.45) is 0 Å². The lowest BCUT2D eigenvalue weighted by Gasteiger charge is -2.20. The van der Waals surface area contributed by atoms with Crippen LogP contribution < -0.4 is 0 Å². The number of esters is 2. The zero-order valence-corrected chi connectivity index (χ0v) is 33.1. The SMILES string of the molecule is CC/C=C\C/C=C\C/C=C\C/C=C\C/C=C\CCCC(=O)OC[C@H](COP(=O)(O)OC[C@@H](O)CO)OC(=O)CCCCCCCCCCCCCC. The Bertz CT molecular complexity index is 1050. The molecule has 0 aromatic rings. The summed E-state index contributed by atoms with van der Waals surface area (Å²) in [6.45, 7) is 2.18. The first-order valence-electron chi connectivity index (χ1n) is 19.7. The highest BCUT2D eigenvalue weighted by Gasteiger charge is 2.27. The van der Waals surface area contributed by atoms with Gasteiger partial charge in [0.05, 0.1) is 19.8 Å². The molecule has 0 bridgehead atoms. The van der Waals surface area contributed by atoms with E-state index in [4.69, 9.17) is 19.1 Å². The molecule has 0 aliphatic heterocycles. The second-order valence-electron chi connectivity index (χ2n) is 12.9. The van der Waals surface area contributed by atoms with Gasteiger partial charge < -0.3 is 24.6 Å². The zero-order valence-electron chi connectivity index (χ0n) is 32.3. The van der Waals surface area contributed by atoms with Gasteiger partial charge >= 0.3 is 19.8 Å². The number of carbonyl (C=O) groups is 2. The fraction of sp³-hybridized carbons (Fsp3) is 0.707. The molecule has 0 aromatic carbocycles. The second-order valence-corrected chi connectivity index (χ2v) is 14.4. The summed E-state index contributed by atoms with van der Waals surface area (Å²) in [4.78, 5) is 34.8. The van der Waals surface area contributed by atoms with Crippen molar-refractivity contribution >= 4 is 19.8 Å². The van der Waals surface area contributed by atoms with Crippen LogP contribution in [0.4, 0.5) is 0 Å². The van der Waals surface area contributed by atoms with E-state index in [9.17, 15) is 24.2 Å². The topological polar surface area (TPSA) is 149 Å². The smallest absolute Gasteiger partial charge is 0.462 e. The molecule has 0 heterocycles. The molecule has 11 heteroatoms. The number of rotatable bonds is 36. The van der Waals surface area contributed by atoms with Gasteiger partial charge in [0, 0.05) is 12.8 Å². The Labute approximate surface area is 315 Å². The standard InChI is InChI=1S/C41H71O10P/c1-3-5-7-9-11-13-15-17-18-19-20-21-23-24-26-28-30-32-40(44)48-36-39(37-50-52(46,47)49-35-38(43)34-42)51-41(45)33-31-29-27-25-22-16-14-12-10-8-6-4-2/h5,7,11,13,17-18,20-21,24,26,38-39,42-43H,3-4,6,8-10,12,14-16,19,22-23,25,27-37H2,1-2H3,(H,46,47)/b7-5-,13-11-,18-17-,21-20-,26-24-/t38-,39+/m0/s1. The summed E-state index contributed by atoms with van der Waals surface area (Å²) < 4.78 is 32.5. The molecule has 300 valence electrons. The fourth-order valence-corrected chi connectivity index (χ4v) is 5.70. The molecule has 1 unspecified atom stereocenters. The van der Waals surface area contributed by atoms with Crippen LogP contribution in [0.15, 0.2) is 60.8 Å². The molecule has 0 aromatic heterocycles. The molecule has 3 N–H and O–H groups in total. The van der Waals surface area contributed by atoms with E-state index < -0.39 is 51.8 Å². The predicted molar refractivity (Wildman–Crippen MR) is 210 cm³/mol. The summed E-state index contributed by atoms with van der Waals surface area (Å²) in [5.74, 6) is -0.997. The molecule has 0 saturated heterocycles. The average Bonchev–Trinajstić information content (AvgIpc) is 3.13. The number of phosphoric ester groups is 1. The number of hydrogen-bond acceptors (Lipinski definition) is 9. The Morgan fingerprint density at radius 1 is 0.596 bits per heavy atom. The van der Waals surface area contributed by atoms with Gasteiger partial charge in [-0.1, -0.05) is 145 Å². The number of hydrogen-bond donors (Lipinski definition) is 3. The van der Waals surface area contributed by atoms with Crippen LogP contribution in [0.2, 0.25) is 0 Å². The number of carbonyl (C=O) groups excluding carboxylic acids is 2. The molecule has 52 heavy (non-hydrogen) atoms. The van der Waals surface area contributed by atoms with Gasteiger partial charge in [-0.2, -0.15) is 0 Å². The van der Waals surface area contributed by atoms with E-state index in [0.717, 1.165) is 51.4 Å². The van der Waals surface area contributed by atoms with Gasteiger partial charge in [-0.25, -0.2) is 4.57 Å². The van der Waals surface area contributed by atoms with Gasteiger partial charge in [0.15, 0.2) is 6.10 Å². The maximum atomic E-state index is 12.5. The monoisotopic (exact) mass is 754 g/mol. The van der Waals surface area contributed by atoms with Crippen LogP contribution in [0.3, 0.4) is 0 Å². The first kappa shape index (κ1) is 49.7. The summed E-state index contributed by atoms with van der Waals surface area (Å²) in [6, 6.07) is 0. The lowest BCUT2D eigenvalue weighted by Crippen LogP contribution is -2.29. The van der Waals surface area contributed by atoms with Crippen molar-refractivity contribution in [3.63, 3.8) is 0 Å². The summed E-state index contributed by atoms with van der Waals surface area (Å²) in [6.07, 6.45) is 39.1. The number of allylic oxidation sites excluding steroid dienone is 10. The quantitative estimate of drug-likeness (QED) is 0.0244. The maximum Gasteiger partial charge on any atom is 0.472 e. The van der Waals surface area contributed by atoms with E-state index in [1.807, 2.05) is 6.08 Å². The Kier molecular flexibility index (Phi) is 35.3. The molecule has 0 amide bonds. The molecule has 0 spiro atoms. The van der Waals surface area contributed by atoms with Crippen LogP contribution >= 0.6 is 7.82 Å². The first-order valence-corrected chi connectivity index (χ1v) is 21.2. The molecular formula is C41H71O10P. The number of phosphoric acid groups is 1. The van der Waals surface area contributed by atoms with Crippen molar-refractivity contribution in [2.45, 2.75) is 161 Å². The van der Waals surface area contributed by atoms with Crippen molar-refractivity contribution in [2.75, 3.05) is 26.4 Å². The molecule has 0 aliphatic carbocycles. The summed E-state index contributed by atoms with van der Waals surface area (Å²) in [7, 11) is -4.62. The lowest BCUT2D eigenvalue weighted by atomic mass is 10.0. The first-order chi connectivity index (χ1) is 25.2. The summed E-state index contributed by atoms with van der Waals surface area (Å²) in [5, 5.41) is 18.3. The largest absolute Gasteiger partial charge is 0.472 e. The van der Waals surface area contributed by atoms with Crippen LogP contribution in [0.5, 0.6) is 0 Å².